The van der Waals surface area contributed by atoms with Gasteiger partial charge in [0.15, 0.2) is 0 Å². The Hall–Kier alpha value is -0.290. The first-order valence-corrected chi connectivity index (χ1v) is 4.38. The zero-order valence-corrected chi connectivity index (χ0v) is 7.80. The molecule has 0 aliphatic heterocycles. The fourth-order valence-electron chi connectivity index (χ4n) is 1.61. The van der Waals surface area contributed by atoms with Gasteiger partial charge in [-0.05, 0) is 26.8 Å². The van der Waals surface area contributed by atoms with E-state index in [4.69, 9.17) is 5.73 Å². The molecule has 78 valence electrons. The summed E-state index contributed by atoms with van der Waals surface area (Å²) in [4.78, 5) is 1.35. The second kappa shape index (κ2) is 3.46. The van der Waals surface area contributed by atoms with Gasteiger partial charge in [0.25, 0.3) is 0 Å². The third kappa shape index (κ3) is 2.57. The Kier molecular flexibility index (Phi) is 2.87. The molecule has 0 spiro atoms. The maximum atomic E-state index is 12.5. The molecule has 1 rings (SSSR count). The van der Waals surface area contributed by atoms with Crippen LogP contribution in [0.1, 0.15) is 19.8 Å². The first-order chi connectivity index (χ1) is 5.84. The second-order valence-electron chi connectivity index (χ2n) is 3.74. The van der Waals surface area contributed by atoms with Crippen LogP contribution in [0.3, 0.4) is 0 Å². The molecular weight excluding hydrogens is 181 g/mol. The lowest BCUT2D eigenvalue weighted by atomic mass is 10.1. The van der Waals surface area contributed by atoms with Gasteiger partial charge in [0.05, 0.1) is 0 Å². The Bertz CT molecular complexity index is 175. The van der Waals surface area contributed by atoms with Gasteiger partial charge in [-0.25, -0.2) is 0 Å². The molecule has 0 bridgehead atoms. The van der Waals surface area contributed by atoms with Gasteiger partial charge in [0.2, 0.25) is 0 Å². The highest BCUT2D eigenvalue weighted by atomic mass is 19.4. The summed E-state index contributed by atoms with van der Waals surface area (Å²) in [7, 11) is 1.50. The lowest BCUT2D eigenvalue weighted by Crippen LogP contribution is -2.54. The summed E-state index contributed by atoms with van der Waals surface area (Å²) in [6, 6.07) is -2.29. The lowest BCUT2D eigenvalue weighted by Gasteiger charge is -2.32. The number of rotatable bonds is 3. The summed E-state index contributed by atoms with van der Waals surface area (Å²) >= 11 is 0. The predicted molar refractivity (Wildman–Crippen MR) is 44.3 cm³/mol. The van der Waals surface area contributed by atoms with Crippen LogP contribution in [0, 0.1) is 0 Å². The minimum Gasteiger partial charge on any atom is -0.326 e. The number of likely N-dealkylation sites (N-methyl/N-ethyl adjacent to an activating group) is 1. The molecule has 0 aromatic carbocycles. The summed E-state index contributed by atoms with van der Waals surface area (Å²) in [6.07, 6.45) is -2.50. The van der Waals surface area contributed by atoms with Crippen molar-refractivity contribution in [3.8, 4) is 0 Å². The van der Waals surface area contributed by atoms with Gasteiger partial charge in [-0.2, -0.15) is 13.2 Å². The summed E-state index contributed by atoms with van der Waals surface area (Å²) < 4.78 is 37.5. The van der Waals surface area contributed by atoms with Crippen LogP contribution in [0.4, 0.5) is 13.2 Å². The van der Waals surface area contributed by atoms with Crippen LogP contribution in [-0.4, -0.2) is 36.2 Å². The minimum absolute atomic E-state index is 0.0811. The number of halogens is 3. The second-order valence-corrected chi connectivity index (χ2v) is 3.74. The van der Waals surface area contributed by atoms with Gasteiger partial charge in [-0.3, -0.25) is 4.90 Å². The maximum absolute atomic E-state index is 12.5. The average Bonchev–Trinajstić information content (AvgIpc) is 2.61. The molecule has 1 aliphatic rings. The normalized spacial score (nSPS) is 23.3. The largest absolute Gasteiger partial charge is 0.405 e. The van der Waals surface area contributed by atoms with Crippen molar-refractivity contribution in [1.29, 1.82) is 0 Å². The number of hydrogen-bond acceptors (Lipinski definition) is 2. The van der Waals surface area contributed by atoms with E-state index in [2.05, 4.69) is 0 Å². The zero-order chi connectivity index (χ0) is 10.2. The molecule has 2 N–H and O–H groups in total. The summed E-state index contributed by atoms with van der Waals surface area (Å²) in [6.45, 7) is 1.40. The van der Waals surface area contributed by atoms with Crippen molar-refractivity contribution in [2.45, 2.75) is 44.1 Å². The number of alkyl halides is 3. The first-order valence-electron chi connectivity index (χ1n) is 4.38. The number of nitrogens with two attached hydrogens (primary N) is 1. The number of hydrogen-bond donors (Lipinski definition) is 1. The Morgan fingerprint density at radius 3 is 2.08 bits per heavy atom. The standard InChI is InChI=1S/C8H15F3N2/c1-5(12)7(8(9,10)11)13(2)6-3-4-6/h5-7H,3-4,12H2,1-2H3. The SMILES string of the molecule is CC(N)C(N(C)C1CC1)C(F)(F)F. The molecule has 0 amide bonds. The van der Waals surface area contributed by atoms with E-state index in [1.165, 1.54) is 18.9 Å². The van der Waals surface area contributed by atoms with Crippen LogP contribution < -0.4 is 5.73 Å². The van der Waals surface area contributed by atoms with E-state index < -0.39 is 18.3 Å². The summed E-state index contributed by atoms with van der Waals surface area (Å²) in [5.41, 5.74) is 5.33. The van der Waals surface area contributed by atoms with Crippen molar-refractivity contribution in [1.82, 2.24) is 4.90 Å². The van der Waals surface area contributed by atoms with E-state index in [0.29, 0.717) is 0 Å². The Morgan fingerprint density at radius 1 is 1.38 bits per heavy atom. The van der Waals surface area contributed by atoms with Gasteiger partial charge < -0.3 is 5.73 Å². The fourth-order valence-corrected chi connectivity index (χ4v) is 1.61. The molecule has 0 aromatic heterocycles. The molecule has 0 radical (unpaired) electrons. The van der Waals surface area contributed by atoms with E-state index in [1.54, 1.807) is 0 Å². The Morgan fingerprint density at radius 2 is 1.85 bits per heavy atom. The van der Waals surface area contributed by atoms with E-state index in [1.807, 2.05) is 0 Å². The molecule has 0 heterocycles. The molecule has 1 fully saturated rings. The van der Waals surface area contributed by atoms with Crippen LogP contribution in [0.2, 0.25) is 0 Å². The van der Waals surface area contributed by atoms with Crippen LogP contribution >= 0.6 is 0 Å². The number of nitrogens with zero attached hydrogens (tertiary/aromatic N) is 1. The van der Waals surface area contributed by atoms with Crippen molar-refractivity contribution < 1.29 is 13.2 Å². The van der Waals surface area contributed by atoms with Crippen molar-refractivity contribution in [3.05, 3.63) is 0 Å². The smallest absolute Gasteiger partial charge is 0.326 e. The maximum Gasteiger partial charge on any atom is 0.405 e. The van der Waals surface area contributed by atoms with E-state index in [9.17, 15) is 13.2 Å². The summed E-state index contributed by atoms with van der Waals surface area (Å²) in [5.74, 6) is 0. The van der Waals surface area contributed by atoms with Crippen LogP contribution in [0.5, 0.6) is 0 Å². The highest BCUT2D eigenvalue weighted by molar-refractivity contribution is 4.92. The van der Waals surface area contributed by atoms with Crippen LogP contribution in [0.15, 0.2) is 0 Å². The topological polar surface area (TPSA) is 29.3 Å². The highest BCUT2D eigenvalue weighted by Gasteiger charge is 2.48. The van der Waals surface area contributed by atoms with Crippen molar-refractivity contribution >= 4 is 0 Å². The van der Waals surface area contributed by atoms with E-state index in [0.717, 1.165) is 12.8 Å². The molecule has 2 atom stereocenters. The molecule has 1 aliphatic carbocycles. The van der Waals surface area contributed by atoms with E-state index >= 15 is 0 Å². The van der Waals surface area contributed by atoms with Crippen molar-refractivity contribution in [2.24, 2.45) is 5.73 Å². The van der Waals surface area contributed by atoms with Gasteiger partial charge >= 0.3 is 6.18 Å². The van der Waals surface area contributed by atoms with Gasteiger partial charge in [-0.15, -0.1) is 0 Å². The monoisotopic (exact) mass is 196 g/mol. The Balaban J connectivity index is 2.66. The molecule has 5 heteroatoms. The molecule has 0 aromatic rings. The third-order valence-electron chi connectivity index (χ3n) is 2.40. The van der Waals surface area contributed by atoms with Gasteiger partial charge in [0.1, 0.15) is 6.04 Å². The average molecular weight is 196 g/mol. The van der Waals surface area contributed by atoms with Crippen molar-refractivity contribution in [3.63, 3.8) is 0 Å². The molecule has 0 saturated heterocycles. The highest BCUT2D eigenvalue weighted by Crippen LogP contribution is 2.34. The van der Waals surface area contributed by atoms with Gasteiger partial charge in [-0.1, -0.05) is 0 Å². The molecule has 2 nitrogen and oxygen atoms in total. The lowest BCUT2D eigenvalue weighted by molar-refractivity contribution is -0.186. The van der Waals surface area contributed by atoms with Crippen molar-refractivity contribution in [2.75, 3.05) is 7.05 Å². The summed E-state index contributed by atoms with van der Waals surface area (Å²) in [5, 5.41) is 0. The first kappa shape index (κ1) is 10.8. The minimum atomic E-state index is -4.22. The van der Waals surface area contributed by atoms with Crippen LogP contribution in [0.25, 0.3) is 0 Å². The van der Waals surface area contributed by atoms with Crippen LogP contribution in [-0.2, 0) is 0 Å². The fraction of sp³-hybridized carbons (Fsp3) is 1.00. The molecule has 13 heavy (non-hydrogen) atoms. The Labute approximate surface area is 75.9 Å². The molecular formula is C8H15F3N2. The zero-order valence-electron chi connectivity index (χ0n) is 7.80. The predicted octanol–water partition coefficient (Wildman–Crippen LogP) is 1.36. The molecule has 1 saturated carbocycles. The molecule has 2 unspecified atom stereocenters. The van der Waals surface area contributed by atoms with Gasteiger partial charge in [0, 0.05) is 12.1 Å². The third-order valence-corrected chi connectivity index (χ3v) is 2.40. The quantitative estimate of drug-likeness (QED) is 0.738. The van der Waals surface area contributed by atoms with E-state index in [-0.39, 0.29) is 6.04 Å².